The first-order valence-electron chi connectivity index (χ1n) is 7.12. The Hall–Kier alpha value is -2.40. The zero-order valence-electron chi connectivity index (χ0n) is 12.6. The Morgan fingerprint density at radius 1 is 1.09 bits per heavy atom. The van der Waals surface area contributed by atoms with E-state index in [1.54, 1.807) is 6.92 Å². The number of hydrogen-bond acceptors (Lipinski definition) is 4. The molecule has 122 valence electrons. The molecule has 2 aromatic carbocycles. The summed E-state index contributed by atoms with van der Waals surface area (Å²) in [6, 6.07) is 12.1. The van der Waals surface area contributed by atoms with Crippen LogP contribution in [0.25, 0.3) is 0 Å². The second-order valence-corrected chi connectivity index (χ2v) is 4.94. The average molecular weight is 337 g/mol. The summed E-state index contributed by atoms with van der Waals surface area (Å²) in [7, 11) is 0. The molecule has 0 aliphatic carbocycles. The van der Waals surface area contributed by atoms with E-state index in [1.165, 1.54) is 12.1 Å². The van der Waals surface area contributed by atoms with Crippen LogP contribution in [-0.2, 0) is 0 Å². The Labute approximate surface area is 139 Å². The van der Waals surface area contributed by atoms with Crippen LogP contribution >= 0.6 is 11.6 Å². The molecule has 6 heteroatoms. The molecule has 1 N–H and O–H groups in total. The van der Waals surface area contributed by atoms with Gasteiger partial charge in [0, 0.05) is 0 Å². The molecule has 0 radical (unpaired) electrons. The maximum absolute atomic E-state index is 11.1. The van der Waals surface area contributed by atoms with Crippen LogP contribution < -0.4 is 14.2 Å². The first-order chi connectivity index (χ1) is 11.1. The summed E-state index contributed by atoms with van der Waals surface area (Å²) in [5.41, 5.74) is 0.0475. The summed E-state index contributed by atoms with van der Waals surface area (Å²) in [5, 5.41) is 9.25. The van der Waals surface area contributed by atoms with Gasteiger partial charge in [0.05, 0.1) is 17.2 Å². The minimum Gasteiger partial charge on any atom is -0.490 e. The molecular formula is C17H17ClO5. The van der Waals surface area contributed by atoms with Gasteiger partial charge in [-0.05, 0) is 31.2 Å². The molecule has 2 rings (SSSR count). The van der Waals surface area contributed by atoms with Gasteiger partial charge < -0.3 is 19.3 Å². The van der Waals surface area contributed by atoms with Crippen molar-refractivity contribution in [2.45, 2.75) is 6.92 Å². The van der Waals surface area contributed by atoms with Crippen LogP contribution in [0, 0.1) is 0 Å². The van der Waals surface area contributed by atoms with Gasteiger partial charge >= 0.3 is 5.97 Å². The fourth-order valence-corrected chi connectivity index (χ4v) is 2.18. The van der Waals surface area contributed by atoms with Gasteiger partial charge in [0.25, 0.3) is 0 Å². The Morgan fingerprint density at radius 2 is 1.78 bits per heavy atom. The van der Waals surface area contributed by atoms with Crippen molar-refractivity contribution in [2.24, 2.45) is 0 Å². The molecule has 0 heterocycles. The van der Waals surface area contributed by atoms with Crippen molar-refractivity contribution in [1.29, 1.82) is 0 Å². The van der Waals surface area contributed by atoms with Crippen molar-refractivity contribution in [2.75, 3.05) is 19.8 Å². The molecule has 0 aliphatic rings. The minimum atomic E-state index is -1.08. The first-order valence-corrected chi connectivity index (χ1v) is 7.50. The van der Waals surface area contributed by atoms with Gasteiger partial charge in [-0.15, -0.1) is 0 Å². The predicted octanol–water partition coefficient (Wildman–Crippen LogP) is 3.89. The van der Waals surface area contributed by atoms with Crippen LogP contribution in [0.4, 0.5) is 0 Å². The Bertz CT molecular complexity index is 658. The summed E-state index contributed by atoms with van der Waals surface area (Å²) in [4.78, 5) is 11.1. The van der Waals surface area contributed by atoms with E-state index in [-0.39, 0.29) is 17.2 Å². The number of carbonyl (C=O) groups is 1. The van der Waals surface area contributed by atoms with Gasteiger partial charge in [-0.1, -0.05) is 29.8 Å². The number of carboxylic acid groups (broad SMARTS) is 1. The highest BCUT2D eigenvalue weighted by molar-refractivity contribution is 6.32. The number of halogens is 1. The molecule has 0 bridgehead atoms. The van der Waals surface area contributed by atoms with E-state index >= 15 is 0 Å². The molecule has 0 amide bonds. The number of hydrogen-bond donors (Lipinski definition) is 1. The molecule has 0 saturated carbocycles. The molecule has 5 nitrogen and oxygen atoms in total. The number of ether oxygens (including phenoxy) is 3. The Kier molecular flexibility index (Phi) is 6.11. The lowest BCUT2D eigenvalue weighted by molar-refractivity contribution is 0.0696. The monoisotopic (exact) mass is 336 g/mol. The van der Waals surface area contributed by atoms with Gasteiger partial charge in [-0.25, -0.2) is 4.79 Å². The quantitative estimate of drug-likeness (QED) is 0.741. The fraction of sp³-hybridized carbons (Fsp3) is 0.235. The van der Waals surface area contributed by atoms with Crippen LogP contribution in [0.3, 0.4) is 0 Å². The van der Waals surface area contributed by atoms with E-state index in [2.05, 4.69) is 0 Å². The van der Waals surface area contributed by atoms with Crippen LogP contribution in [-0.4, -0.2) is 30.9 Å². The topological polar surface area (TPSA) is 65.0 Å². The summed E-state index contributed by atoms with van der Waals surface area (Å²) in [6.07, 6.45) is 0. The van der Waals surface area contributed by atoms with E-state index in [0.717, 1.165) is 5.75 Å². The standard InChI is InChI=1S/C17H17ClO5/c1-2-21-15-11-12(17(19)20)10-14(18)16(15)23-9-8-22-13-6-4-3-5-7-13/h3-7,10-11H,2,8-9H2,1H3,(H,19,20). The SMILES string of the molecule is CCOc1cc(C(=O)O)cc(Cl)c1OCCOc1ccccc1. The lowest BCUT2D eigenvalue weighted by Gasteiger charge is -2.14. The summed E-state index contributed by atoms with van der Waals surface area (Å²) in [6.45, 7) is 2.74. The Balaban J connectivity index is 2.02. The average Bonchev–Trinajstić information content (AvgIpc) is 2.54. The third-order valence-corrected chi connectivity index (χ3v) is 3.18. The molecule has 23 heavy (non-hydrogen) atoms. The van der Waals surface area contributed by atoms with Crippen LogP contribution in [0.5, 0.6) is 17.2 Å². The largest absolute Gasteiger partial charge is 0.490 e. The van der Waals surface area contributed by atoms with Gasteiger partial charge in [0.2, 0.25) is 0 Å². The molecule has 2 aromatic rings. The van der Waals surface area contributed by atoms with E-state index < -0.39 is 5.97 Å². The third kappa shape index (κ3) is 4.79. The third-order valence-electron chi connectivity index (χ3n) is 2.90. The summed E-state index contributed by atoms with van der Waals surface area (Å²) in [5.74, 6) is 0.285. The fourth-order valence-electron chi connectivity index (χ4n) is 1.91. The molecule has 0 atom stereocenters. The summed E-state index contributed by atoms with van der Waals surface area (Å²) < 4.78 is 16.5. The lowest BCUT2D eigenvalue weighted by atomic mass is 10.2. The number of para-hydroxylation sites is 1. The summed E-state index contributed by atoms with van der Waals surface area (Å²) >= 11 is 6.10. The zero-order chi connectivity index (χ0) is 16.7. The number of carboxylic acids is 1. The van der Waals surface area contributed by atoms with Gasteiger partial charge in [-0.3, -0.25) is 0 Å². The molecule has 0 fully saturated rings. The molecule has 0 spiro atoms. The van der Waals surface area contributed by atoms with Gasteiger partial charge in [-0.2, -0.15) is 0 Å². The second-order valence-electron chi connectivity index (χ2n) is 4.53. The first kappa shape index (κ1) is 17.0. The smallest absolute Gasteiger partial charge is 0.335 e. The molecule has 0 saturated heterocycles. The van der Waals surface area contributed by atoms with Crippen LogP contribution in [0.1, 0.15) is 17.3 Å². The van der Waals surface area contributed by atoms with Crippen molar-refractivity contribution < 1.29 is 24.1 Å². The predicted molar refractivity (Wildman–Crippen MR) is 87.0 cm³/mol. The van der Waals surface area contributed by atoms with Crippen molar-refractivity contribution >= 4 is 17.6 Å². The van der Waals surface area contributed by atoms with Crippen molar-refractivity contribution in [3.63, 3.8) is 0 Å². The highest BCUT2D eigenvalue weighted by Gasteiger charge is 2.15. The zero-order valence-corrected chi connectivity index (χ0v) is 13.4. The maximum Gasteiger partial charge on any atom is 0.335 e. The van der Waals surface area contributed by atoms with Crippen molar-refractivity contribution in [3.8, 4) is 17.2 Å². The molecular weight excluding hydrogens is 320 g/mol. The van der Waals surface area contributed by atoms with E-state index in [9.17, 15) is 4.79 Å². The number of aromatic carboxylic acids is 1. The highest BCUT2D eigenvalue weighted by atomic mass is 35.5. The van der Waals surface area contributed by atoms with Crippen LogP contribution in [0.15, 0.2) is 42.5 Å². The van der Waals surface area contributed by atoms with Crippen LogP contribution in [0.2, 0.25) is 5.02 Å². The van der Waals surface area contributed by atoms with E-state index in [4.69, 9.17) is 30.9 Å². The van der Waals surface area contributed by atoms with Crippen molar-refractivity contribution in [1.82, 2.24) is 0 Å². The van der Waals surface area contributed by atoms with Gasteiger partial charge in [0.15, 0.2) is 11.5 Å². The number of benzene rings is 2. The highest BCUT2D eigenvalue weighted by Crippen LogP contribution is 2.36. The lowest BCUT2D eigenvalue weighted by Crippen LogP contribution is -2.10. The molecule has 0 unspecified atom stereocenters. The minimum absolute atomic E-state index is 0.0475. The Morgan fingerprint density at radius 3 is 2.43 bits per heavy atom. The van der Waals surface area contributed by atoms with E-state index in [0.29, 0.717) is 24.7 Å². The second kappa shape index (κ2) is 8.29. The number of rotatable bonds is 8. The molecule has 0 aromatic heterocycles. The van der Waals surface area contributed by atoms with Crippen molar-refractivity contribution in [3.05, 3.63) is 53.1 Å². The van der Waals surface area contributed by atoms with E-state index in [1.807, 2.05) is 30.3 Å². The maximum atomic E-state index is 11.1. The molecule has 0 aliphatic heterocycles. The normalized spacial score (nSPS) is 10.2. The van der Waals surface area contributed by atoms with Gasteiger partial charge in [0.1, 0.15) is 19.0 Å².